The van der Waals surface area contributed by atoms with Gasteiger partial charge in [-0.25, -0.2) is 0 Å². The van der Waals surface area contributed by atoms with Crippen LogP contribution in [0.5, 0.6) is 0 Å². The molecule has 0 unspecified atom stereocenters. The molecule has 0 N–H and O–H groups in total. The predicted octanol–water partition coefficient (Wildman–Crippen LogP) is 2.50. The second-order valence-corrected chi connectivity index (χ2v) is 6.78. The lowest BCUT2D eigenvalue weighted by Gasteiger charge is -2.32. The Morgan fingerprint density at radius 1 is 1.05 bits per heavy atom. The lowest BCUT2D eigenvalue weighted by Crippen LogP contribution is -2.41. The Morgan fingerprint density at radius 3 is 2.35 bits per heavy atom. The Hall–Kier alpha value is -1.13. The first-order chi connectivity index (χ1) is 9.30. The predicted molar refractivity (Wildman–Crippen MR) is 79.4 cm³/mol. The molecule has 1 saturated heterocycles. The standard InChI is InChI=1S/C16H21BO3/c1-15(2)16(3,4)20-17(19-15)12-9-8-11-6-5-7-14(18)13(11)10-12/h8-10H,5-7H2,1-4H3. The summed E-state index contributed by atoms with van der Waals surface area (Å²) in [7, 11) is -0.389. The van der Waals surface area contributed by atoms with E-state index in [0.29, 0.717) is 6.42 Å². The number of carbonyl (C=O) groups is 1. The number of benzene rings is 1. The summed E-state index contributed by atoms with van der Waals surface area (Å²) in [6, 6.07) is 6.03. The monoisotopic (exact) mass is 272 g/mol. The van der Waals surface area contributed by atoms with Crippen molar-refractivity contribution < 1.29 is 14.1 Å². The fraction of sp³-hybridized carbons (Fsp3) is 0.562. The van der Waals surface area contributed by atoms with Gasteiger partial charge < -0.3 is 9.31 Å². The van der Waals surface area contributed by atoms with Crippen LogP contribution in [0.1, 0.15) is 56.5 Å². The Balaban J connectivity index is 1.93. The fourth-order valence-corrected chi connectivity index (χ4v) is 2.77. The summed E-state index contributed by atoms with van der Waals surface area (Å²) in [6.07, 6.45) is 2.60. The smallest absolute Gasteiger partial charge is 0.399 e. The second-order valence-electron chi connectivity index (χ2n) is 6.78. The minimum Gasteiger partial charge on any atom is -0.399 e. The Bertz CT molecular complexity index is 547. The van der Waals surface area contributed by atoms with Crippen LogP contribution >= 0.6 is 0 Å². The van der Waals surface area contributed by atoms with Crippen molar-refractivity contribution in [2.45, 2.75) is 58.2 Å². The van der Waals surface area contributed by atoms with Gasteiger partial charge in [0.05, 0.1) is 11.2 Å². The van der Waals surface area contributed by atoms with Gasteiger partial charge in [0.2, 0.25) is 0 Å². The van der Waals surface area contributed by atoms with E-state index in [-0.39, 0.29) is 24.1 Å². The third kappa shape index (κ3) is 2.11. The lowest BCUT2D eigenvalue weighted by molar-refractivity contribution is 0.00578. The van der Waals surface area contributed by atoms with Gasteiger partial charge in [0, 0.05) is 12.0 Å². The van der Waals surface area contributed by atoms with E-state index >= 15 is 0 Å². The molecular formula is C16H21BO3. The van der Waals surface area contributed by atoms with Crippen molar-refractivity contribution in [3.05, 3.63) is 29.3 Å². The van der Waals surface area contributed by atoms with E-state index in [2.05, 4.69) is 0 Å². The molecule has 3 nitrogen and oxygen atoms in total. The topological polar surface area (TPSA) is 35.5 Å². The second kappa shape index (κ2) is 4.44. The largest absolute Gasteiger partial charge is 0.494 e. The molecule has 0 radical (unpaired) electrons. The Kier molecular flexibility index (Phi) is 3.07. The zero-order chi connectivity index (χ0) is 14.5. The van der Waals surface area contributed by atoms with Crippen LogP contribution in [0, 0.1) is 0 Å². The van der Waals surface area contributed by atoms with Gasteiger partial charge in [0.1, 0.15) is 0 Å². The molecule has 2 aliphatic rings. The molecule has 0 spiro atoms. The summed E-state index contributed by atoms with van der Waals surface area (Å²) in [5, 5.41) is 0. The Labute approximate surface area is 120 Å². The van der Waals surface area contributed by atoms with Crippen LogP contribution in [0.25, 0.3) is 0 Å². The molecule has 0 atom stereocenters. The first-order valence-electron chi connectivity index (χ1n) is 7.32. The van der Waals surface area contributed by atoms with E-state index in [1.165, 1.54) is 0 Å². The third-order valence-electron chi connectivity index (χ3n) is 4.81. The number of Topliss-reactive ketones (excluding diaryl/α,β-unsaturated/α-hetero) is 1. The maximum atomic E-state index is 12.0. The molecule has 1 fully saturated rings. The quantitative estimate of drug-likeness (QED) is 0.737. The molecule has 20 heavy (non-hydrogen) atoms. The SMILES string of the molecule is CC1(C)OB(c2ccc3c(c2)C(=O)CCC3)OC1(C)C. The highest BCUT2D eigenvalue weighted by Crippen LogP contribution is 2.36. The van der Waals surface area contributed by atoms with Gasteiger partial charge in [-0.2, -0.15) is 0 Å². The number of fused-ring (bicyclic) bond motifs is 1. The molecule has 0 bridgehead atoms. The number of aryl methyl sites for hydroxylation is 1. The molecule has 0 aromatic heterocycles. The van der Waals surface area contributed by atoms with Crippen LogP contribution in [-0.4, -0.2) is 24.1 Å². The van der Waals surface area contributed by atoms with Crippen LogP contribution in [0.2, 0.25) is 0 Å². The van der Waals surface area contributed by atoms with Crippen molar-refractivity contribution in [2.75, 3.05) is 0 Å². The van der Waals surface area contributed by atoms with Gasteiger partial charge in [-0.1, -0.05) is 18.2 Å². The van der Waals surface area contributed by atoms with E-state index in [0.717, 1.165) is 29.4 Å². The summed E-state index contributed by atoms with van der Waals surface area (Å²) in [4.78, 5) is 12.0. The van der Waals surface area contributed by atoms with Crippen LogP contribution < -0.4 is 5.46 Å². The van der Waals surface area contributed by atoms with Crippen molar-refractivity contribution in [1.29, 1.82) is 0 Å². The molecule has 4 heteroatoms. The summed E-state index contributed by atoms with van der Waals surface area (Å²) in [6.45, 7) is 8.15. The maximum absolute atomic E-state index is 12.0. The van der Waals surface area contributed by atoms with Crippen LogP contribution in [0.4, 0.5) is 0 Å². The molecular weight excluding hydrogens is 251 g/mol. The van der Waals surface area contributed by atoms with Gasteiger partial charge in [-0.15, -0.1) is 0 Å². The molecule has 0 amide bonds. The van der Waals surface area contributed by atoms with Gasteiger partial charge >= 0.3 is 7.12 Å². The van der Waals surface area contributed by atoms with Crippen molar-refractivity contribution >= 4 is 18.4 Å². The highest BCUT2D eigenvalue weighted by atomic mass is 16.7. The minimum absolute atomic E-state index is 0.240. The zero-order valence-electron chi connectivity index (χ0n) is 12.7. The van der Waals surface area contributed by atoms with E-state index in [9.17, 15) is 4.79 Å². The number of hydrogen-bond donors (Lipinski definition) is 0. The normalized spacial score (nSPS) is 23.8. The average Bonchev–Trinajstić information content (AvgIpc) is 2.59. The van der Waals surface area contributed by atoms with E-state index < -0.39 is 0 Å². The van der Waals surface area contributed by atoms with Crippen LogP contribution in [0.15, 0.2) is 18.2 Å². The van der Waals surface area contributed by atoms with Crippen molar-refractivity contribution in [2.24, 2.45) is 0 Å². The van der Waals surface area contributed by atoms with Gasteiger partial charge in [0.25, 0.3) is 0 Å². The van der Waals surface area contributed by atoms with Gasteiger partial charge in [-0.3, -0.25) is 4.79 Å². The Morgan fingerprint density at radius 2 is 1.70 bits per heavy atom. The highest BCUT2D eigenvalue weighted by molar-refractivity contribution is 6.62. The summed E-state index contributed by atoms with van der Waals surface area (Å²) < 4.78 is 12.1. The zero-order valence-corrected chi connectivity index (χ0v) is 12.7. The van der Waals surface area contributed by atoms with E-state index in [4.69, 9.17) is 9.31 Å². The molecule has 1 aromatic rings. The van der Waals surface area contributed by atoms with Crippen molar-refractivity contribution in [3.8, 4) is 0 Å². The average molecular weight is 272 g/mol. The molecule has 1 aliphatic carbocycles. The van der Waals surface area contributed by atoms with Crippen molar-refractivity contribution in [3.63, 3.8) is 0 Å². The summed E-state index contributed by atoms with van der Waals surface area (Å²) in [5.41, 5.74) is 2.25. The first-order valence-corrected chi connectivity index (χ1v) is 7.32. The number of hydrogen-bond acceptors (Lipinski definition) is 3. The third-order valence-corrected chi connectivity index (χ3v) is 4.81. The molecule has 106 valence electrons. The van der Waals surface area contributed by atoms with Gasteiger partial charge in [-0.05, 0) is 51.6 Å². The maximum Gasteiger partial charge on any atom is 0.494 e. The molecule has 1 aromatic carbocycles. The van der Waals surface area contributed by atoms with Crippen LogP contribution in [0.3, 0.4) is 0 Å². The van der Waals surface area contributed by atoms with Gasteiger partial charge in [0.15, 0.2) is 5.78 Å². The summed E-state index contributed by atoms with van der Waals surface area (Å²) in [5.74, 6) is 0.240. The molecule has 1 aliphatic heterocycles. The molecule has 1 heterocycles. The van der Waals surface area contributed by atoms with E-state index in [1.54, 1.807) is 0 Å². The number of carbonyl (C=O) groups excluding carboxylic acids is 1. The number of ketones is 1. The van der Waals surface area contributed by atoms with E-state index in [1.807, 2.05) is 45.9 Å². The first kappa shape index (κ1) is 13.8. The lowest BCUT2D eigenvalue weighted by atomic mass is 9.76. The summed E-state index contributed by atoms with van der Waals surface area (Å²) >= 11 is 0. The minimum atomic E-state index is -0.389. The van der Waals surface area contributed by atoms with Crippen LogP contribution in [-0.2, 0) is 15.7 Å². The van der Waals surface area contributed by atoms with Crippen molar-refractivity contribution in [1.82, 2.24) is 0 Å². The molecule has 0 saturated carbocycles. The molecule has 3 rings (SSSR count). The highest BCUT2D eigenvalue weighted by Gasteiger charge is 2.51. The number of rotatable bonds is 1. The fourth-order valence-electron chi connectivity index (χ4n) is 2.77.